The molecule has 1 aromatic rings. The standard InChI is InChI=1S/C16H20Cl2/c1-9-7-13(14(17)8-10(9)2)16(18)15-11-5-3-4-6-12(11)15/h7-8,11-12,15-16H,3-6H2,1-2H3. The van der Waals surface area contributed by atoms with Crippen molar-refractivity contribution in [2.45, 2.75) is 44.9 Å². The Morgan fingerprint density at radius 3 is 2.22 bits per heavy atom. The van der Waals surface area contributed by atoms with Crippen LogP contribution in [0, 0.1) is 31.6 Å². The number of hydrogen-bond acceptors (Lipinski definition) is 0. The highest BCUT2D eigenvalue weighted by Crippen LogP contribution is 2.62. The first kappa shape index (κ1) is 12.8. The van der Waals surface area contributed by atoms with Crippen molar-refractivity contribution < 1.29 is 0 Å². The fourth-order valence-electron chi connectivity index (χ4n) is 3.70. The van der Waals surface area contributed by atoms with E-state index in [1.807, 2.05) is 0 Å². The third-order valence-corrected chi connectivity index (χ3v) is 5.82. The summed E-state index contributed by atoms with van der Waals surface area (Å²) in [5, 5.41) is 0.964. The molecule has 0 spiro atoms. The number of alkyl halides is 1. The fourth-order valence-corrected chi connectivity index (χ4v) is 4.65. The molecule has 3 unspecified atom stereocenters. The summed E-state index contributed by atoms with van der Waals surface area (Å²) in [6.45, 7) is 4.24. The predicted molar refractivity (Wildman–Crippen MR) is 78.5 cm³/mol. The molecular formula is C16H20Cl2. The molecule has 0 aromatic heterocycles. The Morgan fingerprint density at radius 1 is 1.06 bits per heavy atom. The number of benzene rings is 1. The lowest BCUT2D eigenvalue weighted by molar-refractivity contribution is 0.480. The van der Waals surface area contributed by atoms with Gasteiger partial charge in [-0.15, -0.1) is 11.6 Å². The number of aryl methyl sites for hydroxylation is 2. The first-order chi connectivity index (χ1) is 8.59. The van der Waals surface area contributed by atoms with E-state index in [2.05, 4.69) is 26.0 Å². The summed E-state index contributed by atoms with van der Waals surface area (Å²) < 4.78 is 0. The van der Waals surface area contributed by atoms with Crippen molar-refractivity contribution >= 4 is 23.2 Å². The summed E-state index contributed by atoms with van der Waals surface area (Å²) in [7, 11) is 0. The van der Waals surface area contributed by atoms with Crippen molar-refractivity contribution in [2.24, 2.45) is 17.8 Å². The van der Waals surface area contributed by atoms with Crippen LogP contribution in [0.25, 0.3) is 0 Å². The molecule has 18 heavy (non-hydrogen) atoms. The van der Waals surface area contributed by atoms with Crippen LogP contribution in [0.4, 0.5) is 0 Å². The molecule has 0 radical (unpaired) electrons. The average molecular weight is 283 g/mol. The molecule has 3 atom stereocenters. The number of hydrogen-bond donors (Lipinski definition) is 0. The Hall–Kier alpha value is -0.200. The second kappa shape index (κ2) is 4.72. The van der Waals surface area contributed by atoms with Crippen LogP contribution in [0.3, 0.4) is 0 Å². The minimum Gasteiger partial charge on any atom is -0.117 e. The first-order valence-electron chi connectivity index (χ1n) is 7.00. The highest BCUT2D eigenvalue weighted by Gasteiger charge is 2.54. The lowest BCUT2D eigenvalue weighted by Gasteiger charge is -2.14. The highest BCUT2D eigenvalue weighted by atomic mass is 35.5. The summed E-state index contributed by atoms with van der Waals surface area (Å²) in [4.78, 5) is 0. The SMILES string of the molecule is Cc1cc(Cl)c(C(Cl)C2C3CCCCC32)cc1C. The normalized spacial score (nSPS) is 31.9. The van der Waals surface area contributed by atoms with E-state index in [9.17, 15) is 0 Å². The van der Waals surface area contributed by atoms with Crippen molar-refractivity contribution in [2.75, 3.05) is 0 Å². The molecule has 0 heterocycles. The van der Waals surface area contributed by atoms with Crippen molar-refractivity contribution in [1.82, 2.24) is 0 Å². The van der Waals surface area contributed by atoms with Crippen LogP contribution >= 0.6 is 23.2 Å². The largest absolute Gasteiger partial charge is 0.117 e. The van der Waals surface area contributed by atoms with E-state index in [0.717, 1.165) is 22.4 Å². The van der Waals surface area contributed by atoms with Gasteiger partial charge < -0.3 is 0 Å². The van der Waals surface area contributed by atoms with E-state index in [1.54, 1.807) is 0 Å². The molecule has 0 aliphatic heterocycles. The van der Waals surface area contributed by atoms with Gasteiger partial charge in [0.15, 0.2) is 0 Å². The van der Waals surface area contributed by atoms with Gasteiger partial charge in [-0.2, -0.15) is 0 Å². The van der Waals surface area contributed by atoms with E-state index in [1.165, 1.54) is 36.8 Å². The van der Waals surface area contributed by atoms with Gasteiger partial charge in [0, 0.05) is 5.02 Å². The Balaban J connectivity index is 1.85. The second-order valence-corrected chi connectivity index (χ2v) is 6.93. The van der Waals surface area contributed by atoms with Gasteiger partial charge in [0.25, 0.3) is 0 Å². The Morgan fingerprint density at radius 2 is 1.61 bits per heavy atom. The van der Waals surface area contributed by atoms with E-state index in [0.29, 0.717) is 5.92 Å². The van der Waals surface area contributed by atoms with Gasteiger partial charge >= 0.3 is 0 Å². The molecular weight excluding hydrogens is 263 g/mol. The highest BCUT2D eigenvalue weighted by molar-refractivity contribution is 6.33. The summed E-state index contributed by atoms with van der Waals surface area (Å²) in [5.41, 5.74) is 3.70. The van der Waals surface area contributed by atoms with Crippen LogP contribution in [-0.2, 0) is 0 Å². The van der Waals surface area contributed by atoms with E-state index in [4.69, 9.17) is 23.2 Å². The molecule has 0 N–H and O–H groups in total. The second-order valence-electron chi connectivity index (χ2n) is 6.05. The van der Waals surface area contributed by atoms with E-state index in [-0.39, 0.29) is 5.38 Å². The Kier molecular flexibility index (Phi) is 3.36. The first-order valence-corrected chi connectivity index (χ1v) is 7.81. The van der Waals surface area contributed by atoms with Gasteiger partial charge in [0.2, 0.25) is 0 Å². The van der Waals surface area contributed by atoms with Crippen molar-refractivity contribution in [3.05, 3.63) is 33.8 Å². The number of halogens is 2. The van der Waals surface area contributed by atoms with Gasteiger partial charge in [0.1, 0.15) is 0 Å². The molecule has 2 saturated carbocycles. The summed E-state index contributed by atoms with van der Waals surface area (Å²) in [6.07, 6.45) is 5.53. The van der Waals surface area contributed by atoms with Gasteiger partial charge in [-0.3, -0.25) is 0 Å². The monoisotopic (exact) mass is 282 g/mol. The topological polar surface area (TPSA) is 0 Å². The minimum absolute atomic E-state index is 0.116. The van der Waals surface area contributed by atoms with Crippen molar-refractivity contribution in [3.8, 4) is 0 Å². The third kappa shape index (κ3) is 2.08. The molecule has 2 aliphatic carbocycles. The van der Waals surface area contributed by atoms with E-state index >= 15 is 0 Å². The Bertz CT molecular complexity index is 454. The molecule has 2 fully saturated rings. The van der Waals surface area contributed by atoms with Crippen LogP contribution in [0.5, 0.6) is 0 Å². The summed E-state index contributed by atoms with van der Waals surface area (Å²) in [5.74, 6) is 2.42. The van der Waals surface area contributed by atoms with Gasteiger partial charge in [-0.1, -0.05) is 30.5 Å². The maximum absolute atomic E-state index is 6.72. The summed E-state index contributed by atoms with van der Waals surface area (Å²) in [6, 6.07) is 4.26. The molecule has 1 aromatic carbocycles. The van der Waals surface area contributed by atoms with E-state index < -0.39 is 0 Å². The van der Waals surface area contributed by atoms with Crippen LogP contribution < -0.4 is 0 Å². The number of fused-ring (bicyclic) bond motifs is 1. The van der Waals surface area contributed by atoms with Gasteiger partial charge in [-0.25, -0.2) is 0 Å². The fraction of sp³-hybridized carbons (Fsp3) is 0.625. The average Bonchev–Trinajstić information content (AvgIpc) is 3.07. The van der Waals surface area contributed by atoms with Gasteiger partial charge in [0.05, 0.1) is 5.38 Å². The number of rotatable bonds is 2. The van der Waals surface area contributed by atoms with Gasteiger partial charge in [-0.05, 0) is 67.2 Å². The zero-order chi connectivity index (χ0) is 12.9. The Labute approximate surface area is 120 Å². The zero-order valence-corrected chi connectivity index (χ0v) is 12.6. The maximum Gasteiger partial charge on any atom is 0.0633 e. The predicted octanol–water partition coefficient (Wildman–Crippen LogP) is 5.67. The molecule has 3 rings (SSSR count). The van der Waals surface area contributed by atoms with Crippen molar-refractivity contribution in [1.29, 1.82) is 0 Å². The lowest BCUT2D eigenvalue weighted by Crippen LogP contribution is -1.99. The molecule has 98 valence electrons. The quantitative estimate of drug-likeness (QED) is 0.613. The van der Waals surface area contributed by atoms with Crippen molar-refractivity contribution in [3.63, 3.8) is 0 Å². The lowest BCUT2D eigenvalue weighted by atomic mass is 10.0. The third-order valence-electron chi connectivity index (χ3n) is 4.97. The van der Waals surface area contributed by atoms with Crippen LogP contribution in [0.2, 0.25) is 5.02 Å². The molecule has 0 amide bonds. The van der Waals surface area contributed by atoms with Crippen LogP contribution in [-0.4, -0.2) is 0 Å². The minimum atomic E-state index is 0.116. The molecule has 2 aliphatic rings. The zero-order valence-electron chi connectivity index (χ0n) is 11.0. The molecule has 2 heteroatoms. The summed E-state index contributed by atoms with van der Waals surface area (Å²) >= 11 is 13.1. The van der Waals surface area contributed by atoms with Crippen LogP contribution in [0.1, 0.15) is 47.8 Å². The smallest absolute Gasteiger partial charge is 0.0633 e. The molecule has 0 bridgehead atoms. The maximum atomic E-state index is 6.72. The molecule has 0 saturated heterocycles. The van der Waals surface area contributed by atoms with Crippen LogP contribution in [0.15, 0.2) is 12.1 Å². The molecule has 0 nitrogen and oxygen atoms in total.